The van der Waals surface area contributed by atoms with Crippen molar-refractivity contribution in [3.63, 3.8) is 0 Å². The number of ether oxygens (including phenoxy) is 2. The van der Waals surface area contributed by atoms with Gasteiger partial charge in [-0.25, -0.2) is 4.57 Å². The first-order valence-corrected chi connectivity index (χ1v) is 27.2. The fourth-order valence-corrected chi connectivity index (χ4v) is 7.84. The summed E-state index contributed by atoms with van der Waals surface area (Å²) in [5, 5.41) is 0. The molecule has 0 rings (SSSR count). The normalized spacial score (nSPS) is 13.7. The maximum atomic E-state index is 12.8. The van der Waals surface area contributed by atoms with Crippen LogP contribution in [0.3, 0.4) is 0 Å². The minimum Gasteiger partial charge on any atom is -0.462 e. The summed E-state index contributed by atoms with van der Waals surface area (Å²) in [6.45, 7) is 4.42. The molecule has 0 amide bonds. The summed E-state index contributed by atoms with van der Waals surface area (Å²) in [4.78, 5) is 35.5. The predicted octanol–water partition coefficient (Wildman–Crippen LogP) is 15.3. The molecule has 1 unspecified atom stereocenters. The topological polar surface area (TPSA) is 108 Å². The Morgan fingerprint density at radius 2 is 0.871 bits per heavy atom. The Morgan fingerprint density at radius 1 is 0.500 bits per heavy atom. The van der Waals surface area contributed by atoms with Gasteiger partial charge in [0.25, 0.3) is 0 Å². The van der Waals surface area contributed by atoms with Crippen molar-refractivity contribution in [1.82, 2.24) is 0 Å². The second-order valence-electron chi connectivity index (χ2n) is 18.5. The molecule has 0 bridgehead atoms. The van der Waals surface area contributed by atoms with Crippen LogP contribution in [0.2, 0.25) is 0 Å². The Bertz CT molecular complexity index is 1150. The number of carbonyl (C=O) groups excluding carboxylic acids is 2. The fourth-order valence-electron chi connectivity index (χ4n) is 7.10. The lowest BCUT2D eigenvalue weighted by atomic mass is 10.1. The second kappa shape index (κ2) is 44.4. The van der Waals surface area contributed by atoms with Crippen LogP contribution >= 0.6 is 7.82 Å². The van der Waals surface area contributed by atoms with Gasteiger partial charge >= 0.3 is 19.8 Å². The Hall–Kier alpha value is -1.77. The van der Waals surface area contributed by atoms with Gasteiger partial charge in [0.05, 0.1) is 27.7 Å². The fraction of sp³-hybridized carbons (Fsp3) is 0.846. The number of esters is 2. The Morgan fingerprint density at radius 3 is 1.32 bits per heavy atom. The quantitative estimate of drug-likeness (QED) is 0.0212. The lowest BCUT2D eigenvalue weighted by molar-refractivity contribution is -0.870. The van der Waals surface area contributed by atoms with E-state index < -0.39 is 26.5 Å². The molecule has 0 aliphatic rings. The zero-order valence-corrected chi connectivity index (χ0v) is 42.0. The van der Waals surface area contributed by atoms with Gasteiger partial charge in [-0.05, 0) is 70.6 Å². The van der Waals surface area contributed by atoms with Gasteiger partial charge in [0.15, 0.2) is 6.10 Å². The van der Waals surface area contributed by atoms with Crippen LogP contribution in [0.15, 0.2) is 36.5 Å². The second-order valence-corrected chi connectivity index (χ2v) is 20.0. The standard InChI is InChI=1S/C52H98NO8P/c1-6-8-10-12-14-16-18-20-22-24-26-28-30-32-34-36-38-40-42-44-51(54)58-48-50(49-60-62(56,57)59-47-46-53(3,4)5)61-52(55)45-43-41-39-37-35-33-31-29-27-25-23-21-19-17-15-13-11-9-7-2/h15,17,20-23,50H,6-14,16,18-19,24-49H2,1-5H3/p+1/b17-15+,22-20+,23-21+/t50-/m1/s1. The van der Waals surface area contributed by atoms with E-state index in [0.717, 1.165) is 51.4 Å². The highest BCUT2D eigenvalue weighted by atomic mass is 31.2. The minimum absolute atomic E-state index is 0.0309. The van der Waals surface area contributed by atoms with E-state index in [0.29, 0.717) is 17.4 Å². The SMILES string of the molecule is CCCCC/C=C/C/C=C/CCCCCCCCCCCC(=O)O[C@H](COC(=O)CCCCCCCCCCC/C=C/CCCCCCCC)COP(=O)(O)OCC[N+](C)(C)C. The molecule has 9 nitrogen and oxygen atoms in total. The number of quaternary nitrogens is 1. The average Bonchev–Trinajstić information content (AvgIpc) is 3.23. The molecule has 0 fully saturated rings. The smallest absolute Gasteiger partial charge is 0.462 e. The third-order valence-electron chi connectivity index (χ3n) is 11.1. The summed E-state index contributed by atoms with van der Waals surface area (Å²) in [7, 11) is 1.48. The molecule has 2 atom stereocenters. The summed E-state index contributed by atoms with van der Waals surface area (Å²) in [5.74, 6) is -0.798. The highest BCUT2D eigenvalue weighted by molar-refractivity contribution is 7.47. The molecule has 0 aliphatic carbocycles. The molecule has 0 aromatic heterocycles. The zero-order chi connectivity index (χ0) is 45.7. The van der Waals surface area contributed by atoms with Crippen LogP contribution in [0.25, 0.3) is 0 Å². The van der Waals surface area contributed by atoms with Crippen molar-refractivity contribution in [3.05, 3.63) is 36.5 Å². The summed E-state index contributed by atoms with van der Waals surface area (Å²) in [6, 6.07) is 0. The van der Waals surface area contributed by atoms with E-state index in [-0.39, 0.29) is 32.0 Å². The first-order chi connectivity index (χ1) is 30.0. The van der Waals surface area contributed by atoms with E-state index in [1.807, 2.05) is 21.1 Å². The van der Waals surface area contributed by atoms with Crippen LogP contribution in [0.4, 0.5) is 0 Å². The number of phosphoric acid groups is 1. The highest BCUT2D eigenvalue weighted by Crippen LogP contribution is 2.43. The third kappa shape index (κ3) is 47.7. The van der Waals surface area contributed by atoms with Crippen LogP contribution in [-0.4, -0.2) is 74.9 Å². The van der Waals surface area contributed by atoms with Crippen LogP contribution in [0.5, 0.6) is 0 Å². The number of unbranched alkanes of at least 4 members (excludes halogenated alkanes) is 27. The molecule has 0 aromatic rings. The summed E-state index contributed by atoms with van der Waals surface area (Å²) in [5.41, 5.74) is 0. The molecular weight excluding hydrogens is 798 g/mol. The van der Waals surface area contributed by atoms with Crippen molar-refractivity contribution in [2.75, 3.05) is 47.5 Å². The van der Waals surface area contributed by atoms with Gasteiger partial charge < -0.3 is 18.9 Å². The molecule has 0 aromatic carbocycles. The predicted molar refractivity (Wildman–Crippen MR) is 261 cm³/mol. The molecule has 0 heterocycles. The number of hydrogen-bond donors (Lipinski definition) is 1. The highest BCUT2D eigenvalue weighted by Gasteiger charge is 2.27. The number of nitrogens with zero attached hydrogens (tertiary/aromatic N) is 1. The number of allylic oxidation sites excluding steroid dienone is 6. The van der Waals surface area contributed by atoms with Crippen molar-refractivity contribution < 1.29 is 42.1 Å². The van der Waals surface area contributed by atoms with Crippen molar-refractivity contribution >= 4 is 19.8 Å². The van der Waals surface area contributed by atoms with Crippen LogP contribution < -0.4 is 0 Å². The molecule has 364 valence electrons. The Kier molecular flexibility index (Phi) is 43.2. The van der Waals surface area contributed by atoms with Crippen LogP contribution in [0, 0.1) is 0 Å². The van der Waals surface area contributed by atoms with Gasteiger partial charge in [-0.2, -0.15) is 0 Å². The minimum atomic E-state index is -4.38. The van der Waals surface area contributed by atoms with Crippen molar-refractivity contribution in [2.24, 2.45) is 0 Å². The van der Waals surface area contributed by atoms with E-state index >= 15 is 0 Å². The van der Waals surface area contributed by atoms with Crippen molar-refractivity contribution in [1.29, 1.82) is 0 Å². The zero-order valence-electron chi connectivity index (χ0n) is 41.1. The van der Waals surface area contributed by atoms with Crippen molar-refractivity contribution in [3.8, 4) is 0 Å². The van der Waals surface area contributed by atoms with Gasteiger partial charge in [0.1, 0.15) is 19.8 Å². The van der Waals surface area contributed by atoms with Crippen molar-refractivity contribution in [2.45, 2.75) is 238 Å². The number of carbonyl (C=O) groups is 2. The third-order valence-corrected chi connectivity index (χ3v) is 12.1. The van der Waals surface area contributed by atoms with E-state index in [2.05, 4.69) is 50.3 Å². The maximum Gasteiger partial charge on any atom is 0.472 e. The van der Waals surface area contributed by atoms with Gasteiger partial charge in [-0.3, -0.25) is 18.6 Å². The average molecular weight is 897 g/mol. The largest absolute Gasteiger partial charge is 0.472 e. The molecule has 10 heteroatoms. The van der Waals surface area contributed by atoms with E-state index in [9.17, 15) is 19.0 Å². The molecule has 0 spiro atoms. The number of phosphoric ester groups is 1. The summed E-state index contributed by atoms with van der Waals surface area (Å²) < 4.78 is 34.5. The summed E-state index contributed by atoms with van der Waals surface area (Å²) >= 11 is 0. The van der Waals surface area contributed by atoms with Gasteiger partial charge in [-0.15, -0.1) is 0 Å². The summed E-state index contributed by atoms with van der Waals surface area (Å²) in [6.07, 6.45) is 51.9. The molecular formula is C52H99NO8P+. The van der Waals surface area contributed by atoms with Gasteiger partial charge in [-0.1, -0.05) is 185 Å². The van der Waals surface area contributed by atoms with E-state index in [1.54, 1.807) is 0 Å². The first kappa shape index (κ1) is 60.2. The van der Waals surface area contributed by atoms with Crippen LogP contribution in [0.1, 0.15) is 232 Å². The maximum absolute atomic E-state index is 12.8. The number of hydrogen-bond acceptors (Lipinski definition) is 7. The first-order valence-electron chi connectivity index (χ1n) is 25.7. The van der Waals surface area contributed by atoms with Gasteiger partial charge in [0.2, 0.25) is 0 Å². The monoisotopic (exact) mass is 897 g/mol. The molecule has 0 aliphatic heterocycles. The molecule has 0 saturated heterocycles. The lowest BCUT2D eigenvalue weighted by Crippen LogP contribution is -2.37. The van der Waals surface area contributed by atoms with E-state index in [1.165, 1.54) is 148 Å². The Labute approximate surface area is 382 Å². The lowest BCUT2D eigenvalue weighted by Gasteiger charge is -2.24. The number of rotatable bonds is 47. The Balaban J connectivity index is 4.25. The van der Waals surface area contributed by atoms with E-state index in [4.69, 9.17) is 18.5 Å². The molecule has 0 radical (unpaired) electrons. The molecule has 62 heavy (non-hydrogen) atoms. The number of likely N-dealkylation sites (N-methyl/N-ethyl adjacent to an activating group) is 1. The molecule has 0 saturated carbocycles. The molecule has 1 N–H and O–H groups in total. The van der Waals surface area contributed by atoms with Gasteiger partial charge in [0, 0.05) is 12.8 Å². The van der Waals surface area contributed by atoms with Crippen LogP contribution in [-0.2, 0) is 32.7 Å².